The summed E-state index contributed by atoms with van der Waals surface area (Å²) in [5.74, 6) is -0.199. The summed E-state index contributed by atoms with van der Waals surface area (Å²) in [5, 5.41) is 10.0. The van der Waals surface area contributed by atoms with Crippen LogP contribution >= 0.6 is 0 Å². The van der Waals surface area contributed by atoms with E-state index in [-0.39, 0.29) is 17.6 Å². The summed E-state index contributed by atoms with van der Waals surface area (Å²) in [6.45, 7) is 5.69. The SMILES string of the molecule is CCC(C)(C)n1c(=O)cc(O)n(C2CCCCC2)c1=O. The lowest BCUT2D eigenvalue weighted by molar-refractivity contribution is 0.258. The molecule has 1 saturated carbocycles. The molecule has 1 N–H and O–H groups in total. The molecule has 112 valence electrons. The van der Waals surface area contributed by atoms with Crippen LogP contribution in [-0.4, -0.2) is 14.2 Å². The zero-order valence-electron chi connectivity index (χ0n) is 12.6. The Labute approximate surface area is 118 Å². The van der Waals surface area contributed by atoms with E-state index < -0.39 is 11.1 Å². The van der Waals surface area contributed by atoms with Crippen LogP contribution in [0.1, 0.15) is 65.3 Å². The Morgan fingerprint density at radius 2 is 1.85 bits per heavy atom. The summed E-state index contributed by atoms with van der Waals surface area (Å²) in [6, 6.07) is 1.18. The molecule has 1 fully saturated rings. The minimum absolute atomic E-state index is 0.00996. The summed E-state index contributed by atoms with van der Waals surface area (Å²) in [7, 11) is 0. The molecule has 5 nitrogen and oxygen atoms in total. The Morgan fingerprint density at radius 1 is 1.25 bits per heavy atom. The molecular weight excluding hydrogens is 256 g/mol. The van der Waals surface area contributed by atoms with E-state index in [0.717, 1.165) is 25.7 Å². The van der Waals surface area contributed by atoms with E-state index in [4.69, 9.17) is 0 Å². The first-order chi connectivity index (χ1) is 9.38. The van der Waals surface area contributed by atoms with Gasteiger partial charge >= 0.3 is 5.69 Å². The van der Waals surface area contributed by atoms with Gasteiger partial charge in [-0.05, 0) is 33.1 Å². The first-order valence-electron chi connectivity index (χ1n) is 7.46. The van der Waals surface area contributed by atoms with Crippen molar-refractivity contribution in [1.29, 1.82) is 0 Å². The third-order valence-corrected chi connectivity index (χ3v) is 4.53. The molecule has 1 aliphatic carbocycles. The molecule has 5 heteroatoms. The van der Waals surface area contributed by atoms with Crippen molar-refractivity contribution in [2.45, 2.75) is 70.9 Å². The molecular formula is C15H24N2O3. The highest BCUT2D eigenvalue weighted by molar-refractivity contribution is 5.10. The second-order valence-corrected chi connectivity index (χ2v) is 6.29. The highest BCUT2D eigenvalue weighted by Crippen LogP contribution is 2.29. The lowest BCUT2D eigenvalue weighted by Gasteiger charge is -2.29. The van der Waals surface area contributed by atoms with Crippen LogP contribution in [0.2, 0.25) is 0 Å². The van der Waals surface area contributed by atoms with Crippen LogP contribution in [0.5, 0.6) is 5.88 Å². The maximum atomic E-state index is 12.7. The molecule has 0 unspecified atom stereocenters. The van der Waals surface area contributed by atoms with Crippen LogP contribution in [0.3, 0.4) is 0 Å². The standard InChI is InChI=1S/C15H24N2O3/c1-4-15(2,3)17-13(19)10-12(18)16(14(17)20)11-8-6-5-7-9-11/h10-11,18H,4-9H2,1-3H3. The van der Waals surface area contributed by atoms with Crippen molar-refractivity contribution in [2.75, 3.05) is 0 Å². The van der Waals surface area contributed by atoms with E-state index in [1.807, 2.05) is 20.8 Å². The van der Waals surface area contributed by atoms with Crippen molar-refractivity contribution in [2.24, 2.45) is 0 Å². The number of aromatic nitrogens is 2. The van der Waals surface area contributed by atoms with Crippen LogP contribution < -0.4 is 11.2 Å². The minimum Gasteiger partial charge on any atom is -0.494 e. The van der Waals surface area contributed by atoms with Gasteiger partial charge in [0.05, 0.1) is 6.07 Å². The van der Waals surface area contributed by atoms with E-state index in [2.05, 4.69) is 0 Å². The second-order valence-electron chi connectivity index (χ2n) is 6.29. The van der Waals surface area contributed by atoms with E-state index in [9.17, 15) is 14.7 Å². The van der Waals surface area contributed by atoms with Crippen molar-refractivity contribution in [3.63, 3.8) is 0 Å². The number of hydrogen-bond donors (Lipinski definition) is 1. The molecule has 0 amide bonds. The first kappa shape index (κ1) is 14.9. The van der Waals surface area contributed by atoms with Gasteiger partial charge in [0, 0.05) is 11.6 Å². The van der Waals surface area contributed by atoms with Crippen molar-refractivity contribution in [3.8, 4) is 5.88 Å². The maximum absolute atomic E-state index is 12.7. The predicted octanol–water partition coefficient (Wildman–Crippen LogP) is 2.37. The summed E-state index contributed by atoms with van der Waals surface area (Å²) in [6.07, 6.45) is 5.75. The van der Waals surface area contributed by atoms with E-state index in [0.29, 0.717) is 6.42 Å². The Balaban J connectivity index is 2.61. The fourth-order valence-electron chi connectivity index (χ4n) is 2.94. The van der Waals surface area contributed by atoms with Gasteiger partial charge in [0.2, 0.25) is 5.88 Å². The van der Waals surface area contributed by atoms with Gasteiger partial charge in [0.25, 0.3) is 5.56 Å². The van der Waals surface area contributed by atoms with Crippen LogP contribution in [0.4, 0.5) is 0 Å². The van der Waals surface area contributed by atoms with Crippen LogP contribution in [-0.2, 0) is 5.54 Å². The third kappa shape index (κ3) is 2.53. The summed E-state index contributed by atoms with van der Waals surface area (Å²) in [5.41, 5.74) is -1.35. The Hall–Kier alpha value is -1.52. The Kier molecular flexibility index (Phi) is 4.06. The fourth-order valence-corrected chi connectivity index (χ4v) is 2.94. The fraction of sp³-hybridized carbons (Fsp3) is 0.733. The van der Waals surface area contributed by atoms with Crippen LogP contribution in [0, 0.1) is 0 Å². The third-order valence-electron chi connectivity index (χ3n) is 4.53. The predicted molar refractivity (Wildman–Crippen MR) is 78.4 cm³/mol. The minimum atomic E-state index is -0.543. The van der Waals surface area contributed by atoms with Gasteiger partial charge in [0.1, 0.15) is 0 Å². The van der Waals surface area contributed by atoms with Gasteiger partial charge in [0.15, 0.2) is 0 Å². The molecule has 0 bridgehead atoms. The van der Waals surface area contributed by atoms with Gasteiger partial charge in [-0.15, -0.1) is 0 Å². The summed E-state index contributed by atoms with van der Waals surface area (Å²) in [4.78, 5) is 24.8. The maximum Gasteiger partial charge on any atom is 0.334 e. The van der Waals surface area contributed by atoms with Crippen molar-refractivity contribution >= 4 is 0 Å². The molecule has 0 radical (unpaired) electrons. The molecule has 2 rings (SSSR count). The largest absolute Gasteiger partial charge is 0.494 e. The van der Waals surface area contributed by atoms with Crippen LogP contribution in [0.15, 0.2) is 15.7 Å². The van der Waals surface area contributed by atoms with Gasteiger partial charge in [-0.25, -0.2) is 4.79 Å². The number of nitrogens with zero attached hydrogens (tertiary/aromatic N) is 2. The van der Waals surface area contributed by atoms with Crippen LogP contribution in [0.25, 0.3) is 0 Å². The molecule has 0 atom stereocenters. The molecule has 0 aromatic carbocycles. The molecule has 0 aliphatic heterocycles. The number of hydrogen-bond acceptors (Lipinski definition) is 3. The molecule has 0 spiro atoms. The number of aromatic hydroxyl groups is 1. The highest BCUT2D eigenvalue weighted by Gasteiger charge is 2.27. The first-order valence-corrected chi connectivity index (χ1v) is 7.46. The van der Waals surface area contributed by atoms with Gasteiger partial charge in [-0.1, -0.05) is 26.2 Å². The molecule has 1 aliphatic rings. The molecule has 1 heterocycles. The lowest BCUT2D eigenvalue weighted by Crippen LogP contribution is -2.49. The van der Waals surface area contributed by atoms with E-state index in [1.54, 1.807) is 0 Å². The van der Waals surface area contributed by atoms with E-state index in [1.165, 1.54) is 21.6 Å². The molecule has 20 heavy (non-hydrogen) atoms. The smallest absolute Gasteiger partial charge is 0.334 e. The molecule has 0 saturated heterocycles. The summed E-state index contributed by atoms with van der Waals surface area (Å²) < 4.78 is 2.69. The highest BCUT2D eigenvalue weighted by atomic mass is 16.3. The monoisotopic (exact) mass is 280 g/mol. The van der Waals surface area contributed by atoms with Crippen molar-refractivity contribution in [3.05, 3.63) is 26.9 Å². The zero-order chi connectivity index (χ0) is 14.9. The molecule has 1 aromatic heterocycles. The van der Waals surface area contributed by atoms with Crippen molar-refractivity contribution < 1.29 is 5.11 Å². The lowest BCUT2D eigenvalue weighted by atomic mass is 9.95. The average Bonchev–Trinajstić information content (AvgIpc) is 2.39. The normalized spacial score (nSPS) is 17.4. The molecule has 1 aromatic rings. The quantitative estimate of drug-likeness (QED) is 0.924. The number of rotatable bonds is 3. The van der Waals surface area contributed by atoms with Crippen molar-refractivity contribution in [1.82, 2.24) is 9.13 Å². The van der Waals surface area contributed by atoms with Gasteiger partial charge in [-0.3, -0.25) is 13.9 Å². The van der Waals surface area contributed by atoms with E-state index >= 15 is 0 Å². The second kappa shape index (κ2) is 5.46. The average molecular weight is 280 g/mol. The Bertz CT molecular complexity index is 592. The Morgan fingerprint density at radius 3 is 2.40 bits per heavy atom. The van der Waals surface area contributed by atoms with Gasteiger partial charge < -0.3 is 5.11 Å². The zero-order valence-corrected chi connectivity index (χ0v) is 12.6. The topological polar surface area (TPSA) is 64.2 Å². The summed E-state index contributed by atoms with van der Waals surface area (Å²) >= 11 is 0. The van der Waals surface area contributed by atoms with Gasteiger partial charge in [-0.2, -0.15) is 0 Å².